The summed E-state index contributed by atoms with van der Waals surface area (Å²) in [6, 6.07) is 12.8. The second kappa shape index (κ2) is 11.2. The fourth-order valence-electron chi connectivity index (χ4n) is 4.95. The van der Waals surface area contributed by atoms with Crippen molar-refractivity contribution in [3.63, 3.8) is 0 Å². The average Bonchev–Trinajstić information content (AvgIpc) is 3.80. The van der Waals surface area contributed by atoms with Crippen molar-refractivity contribution in [2.75, 3.05) is 69.7 Å². The van der Waals surface area contributed by atoms with E-state index in [4.69, 9.17) is 4.74 Å². The van der Waals surface area contributed by atoms with Gasteiger partial charge in [0.15, 0.2) is 0 Å². The van der Waals surface area contributed by atoms with E-state index in [0.717, 1.165) is 44.6 Å². The smallest absolute Gasteiger partial charge is 0.254 e. The van der Waals surface area contributed by atoms with Crippen LogP contribution < -0.4 is 20.3 Å². The third-order valence-electron chi connectivity index (χ3n) is 7.30. The first-order valence-electron chi connectivity index (χ1n) is 13.2. The molecule has 0 spiro atoms. The van der Waals surface area contributed by atoms with Gasteiger partial charge >= 0.3 is 0 Å². The molecule has 2 N–H and O–H groups in total. The summed E-state index contributed by atoms with van der Waals surface area (Å²) >= 11 is 0. The van der Waals surface area contributed by atoms with Gasteiger partial charge in [0.1, 0.15) is 5.75 Å². The lowest BCUT2D eigenvalue weighted by Crippen LogP contribution is -2.49. The highest BCUT2D eigenvalue weighted by Gasteiger charge is 2.31. The highest BCUT2D eigenvalue weighted by atomic mass is 16.5. The van der Waals surface area contributed by atoms with E-state index in [1.54, 1.807) is 19.2 Å². The molecule has 2 aliphatic heterocycles. The number of nitrogens with one attached hydrogen (secondary N) is 2. The van der Waals surface area contributed by atoms with E-state index in [1.807, 2.05) is 40.1 Å². The number of rotatable bonds is 6. The Morgan fingerprint density at radius 1 is 0.865 bits per heavy atom. The van der Waals surface area contributed by atoms with E-state index in [2.05, 4.69) is 15.5 Å². The van der Waals surface area contributed by atoms with Crippen LogP contribution in [0.15, 0.2) is 42.5 Å². The molecule has 37 heavy (non-hydrogen) atoms. The van der Waals surface area contributed by atoms with Crippen molar-refractivity contribution in [1.29, 1.82) is 0 Å². The van der Waals surface area contributed by atoms with Gasteiger partial charge in [0.25, 0.3) is 11.8 Å². The number of hydrogen-bond donors (Lipinski definition) is 2. The second-order valence-electron chi connectivity index (χ2n) is 9.90. The number of nitrogens with zero attached hydrogens (tertiary/aromatic N) is 3. The summed E-state index contributed by atoms with van der Waals surface area (Å²) in [5.74, 6) is 0.698. The molecule has 3 fully saturated rings. The van der Waals surface area contributed by atoms with Crippen LogP contribution in [0.5, 0.6) is 5.75 Å². The Morgan fingerprint density at radius 3 is 2.32 bits per heavy atom. The molecular formula is C28H35N5O4. The summed E-state index contributed by atoms with van der Waals surface area (Å²) in [6.07, 6.45) is 2.74. The lowest BCUT2D eigenvalue weighted by molar-refractivity contribution is -0.117. The number of anilines is 2. The van der Waals surface area contributed by atoms with Crippen molar-refractivity contribution in [2.24, 2.45) is 5.92 Å². The quantitative estimate of drug-likeness (QED) is 0.627. The standard InChI is InChI=1S/C28H35N5O4/c1-37-23-5-2-4-21(18-23)27(35)33-16-14-31(15-17-33)25-9-8-22(19-24(25)30-26(34)20-6-7-20)28(36)32-12-3-10-29-11-13-32/h2,4-5,8-9,18-20,29H,3,6-7,10-17H2,1H3,(H,30,34). The SMILES string of the molecule is COc1cccc(C(=O)N2CCN(c3ccc(C(=O)N4CCCNCC4)cc3NC(=O)C3CC3)CC2)c1. The highest BCUT2D eigenvalue weighted by Crippen LogP contribution is 2.34. The molecule has 2 heterocycles. The van der Waals surface area contributed by atoms with Crippen LogP contribution in [-0.4, -0.2) is 87.0 Å². The zero-order valence-corrected chi connectivity index (χ0v) is 21.4. The molecule has 2 aromatic carbocycles. The van der Waals surface area contributed by atoms with Crippen molar-refractivity contribution in [3.8, 4) is 5.75 Å². The normalized spacial score (nSPS) is 18.2. The molecule has 5 rings (SSSR count). The van der Waals surface area contributed by atoms with E-state index >= 15 is 0 Å². The van der Waals surface area contributed by atoms with Gasteiger partial charge in [-0.1, -0.05) is 6.07 Å². The topological polar surface area (TPSA) is 94.2 Å². The fraction of sp³-hybridized carbons (Fsp3) is 0.464. The van der Waals surface area contributed by atoms with Crippen LogP contribution in [0.1, 0.15) is 40.0 Å². The molecule has 0 radical (unpaired) electrons. The number of ether oxygens (including phenoxy) is 1. The number of methoxy groups -OCH3 is 1. The van der Waals surface area contributed by atoms with E-state index in [9.17, 15) is 14.4 Å². The molecule has 9 heteroatoms. The van der Waals surface area contributed by atoms with Crippen molar-refractivity contribution >= 4 is 29.1 Å². The van der Waals surface area contributed by atoms with Gasteiger partial charge in [-0.15, -0.1) is 0 Å². The second-order valence-corrected chi connectivity index (χ2v) is 9.90. The van der Waals surface area contributed by atoms with Gasteiger partial charge in [-0.25, -0.2) is 0 Å². The van der Waals surface area contributed by atoms with Gasteiger partial charge in [-0.05, 0) is 62.2 Å². The van der Waals surface area contributed by atoms with Crippen LogP contribution in [0.2, 0.25) is 0 Å². The predicted octanol–water partition coefficient (Wildman–Crippen LogP) is 2.44. The average molecular weight is 506 g/mol. The van der Waals surface area contributed by atoms with Crippen molar-refractivity contribution in [2.45, 2.75) is 19.3 Å². The molecule has 1 saturated carbocycles. The Morgan fingerprint density at radius 2 is 1.59 bits per heavy atom. The molecule has 0 atom stereocenters. The largest absolute Gasteiger partial charge is 0.497 e. The van der Waals surface area contributed by atoms with Gasteiger partial charge in [0, 0.05) is 62.9 Å². The summed E-state index contributed by atoms with van der Waals surface area (Å²) < 4.78 is 5.26. The zero-order chi connectivity index (χ0) is 25.8. The Bertz CT molecular complexity index is 1150. The third kappa shape index (κ3) is 5.88. The first-order valence-corrected chi connectivity index (χ1v) is 13.2. The summed E-state index contributed by atoms with van der Waals surface area (Å²) in [4.78, 5) is 44.9. The molecular weight excluding hydrogens is 470 g/mol. The van der Waals surface area contributed by atoms with Gasteiger partial charge in [0.05, 0.1) is 18.5 Å². The minimum absolute atomic E-state index is 0.00845. The number of amides is 3. The minimum Gasteiger partial charge on any atom is -0.497 e. The fourth-order valence-corrected chi connectivity index (χ4v) is 4.95. The molecule has 0 bridgehead atoms. The summed E-state index contributed by atoms with van der Waals surface area (Å²) in [5, 5.41) is 6.42. The van der Waals surface area contributed by atoms with Crippen LogP contribution in [0, 0.1) is 5.92 Å². The van der Waals surface area contributed by atoms with Gasteiger partial charge in [-0.3, -0.25) is 14.4 Å². The van der Waals surface area contributed by atoms with E-state index in [-0.39, 0.29) is 23.6 Å². The first kappa shape index (κ1) is 25.1. The summed E-state index contributed by atoms with van der Waals surface area (Å²) in [5.41, 5.74) is 2.75. The molecule has 0 unspecified atom stereocenters. The number of carbonyl (C=O) groups excluding carboxylic acids is 3. The maximum absolute atomic E-state index is 13.2. The van der Waals surface area contributed by atoms with Gasteiger partial charge in [-0.2, -0.15) is 0 Å². The molecule has 1 aliphatic carbocycles. The summed E-state index contributed by atoms with van der Waals surface area (Å²) in [6.45, 7) is 5.49. The van der Waals surface area contributed by atoms with Crippen LogP contribution in [0.25, 0.3) is 0 Å². The number of piperazine rings is 1. The Labute approximate surface area is 217 Å². The maximum Gasteiger partial charge on any atom is 0.254 e. The number of hydrogen-bond acceptors (Lipinski definition) is 6. The monoisotopic (exact) mass is 505 g/mol. The number of carbonyl (C=O) groups is 3. The van der Waals surface area contributed by atoms with E-state index in [0.29, 0.717) is 55.3 Å². The van der Waals surface area contributed by atoms with Crippen molar-refractivity contribution in [1.82, 2.24) is 15.1 Å². The first-order chi connectivity index (χ1) is 18.0. The van der Waals surface area contributed by atoms with Gasteiger partial charge < -0.3 is 30.1 Å². The maximum atomic E-state index is 13.2. The molecule has 0 aromatic heterocycles. The molecule has 2 saturated heterocycles. The van der Waals surface area contributed by atoms with Gasteiger partial charge in [0.2, 0.25) is 5.91 Å². The molecule has 3 amide bonds. The minimum atomic E-state index is -0.0197. The third-order valence-corrected chi connectivity index (χ3v) is 7.30. The Kier molecular flexibility index (Phi) is 7.60. The van der Waals surface area contributed by atoms with Crippen molar-refractivity contribution in [3.05, 3.63) is 53.6 Å². The number of benzene rings is 2. The Hall–Kier alpha value is -3.59. The lowest BCUT2D eigenvalue weighted by atomic mass is 10.1. The Balaban J connectivity index is 1.31. The van der Waals surface area contributed by atoms with Crippen LogP contribution in [-0.2, 0) is 4.79 Å². The van der Waals surface area contributed by atoms with E-state index < -0.39 is 0 Å². The van der Waals surface area contributed by atoms with Crippen LogP contribution >= 0.6 is 0 Å². The van der Waals surface area contributed by atoms with Crippen LogP contribution in [0.3, 0.4) is 0 Å². The zero-order valence-electron chi connectivity index (χ0n) is 21.4. The van der Waals surface area contributed by atoms with E-state index in [1.165, 1.54) is 0 Å². The lowest BCUT2D eigenvalue weighted by Gasteiger charge is -2.37. The molecule has 9 nitrogen and oxygen atoms in total. The van der Waals surface area contributed by atoms with Crippen molar-refractivity contribution < 1.29 is 19.1 Å². The highest BCUT2D eigenvalue weighted by molar-refractivity contribution is 6.01. The van der Waals surface area contributed by atoms with Crippen LogP contribution in [0.4, 0.5) is 11.4 Å². The summed E-state index contributed by atoms with van der Waals surface area (Å²) in [7, 11) is 1.59. The molecule has 2 aromatic rings. The predicted molar refractivity (Wildman–Crippen MR) is 142 cm³/mol. The molecule has 196 valence electrons. The molecule has 3 aliphatic rings.